The predicted octanol–water partition coefficient (Wildman–Crippen LogP) is 3.31. The fourth-order valence-corrected chi connectivity index (χ4v) is 2.07. The summed E-state index contributed by atoms with van der Waals surface area (Å²) in [5.41, 5.74) is -0.474. The van der Waals surface area contributed by atoms with Gasteiger partial charge in [-0.05, 0) is 18.7 Å². The number of pyridine rings is 1. The maximum atomic E-state index is 12.4. The van der Waals surface area contributed by atoms with Crippen molar-refractivity contribution in [3.63, 3.8) is 0 Å². The highest BCUT2D eigenvalue weighted by atomic mass is 35.5. The van der Waals surface area contributed by atoms with Crippen molar-refractivity contribution in [2.75, 3.05) is 0 Å². The minimum atomic E-state index is -0.891. The molecule has 0 bridgehead atoms. The Hall–Kier alpha value is -2.12. The monoisotopic (exact) mass is 287 g/mol. The van der Waals surface area contributed by atoms with E-state index in [9.17, 15) is 4.79 Å². The molecule has 1 unspecified atom stereocenters. The number of rotatable bonds is 3. The fourth-order valence-electron chi connectivity index (χ4n) is 1.85. The Morgan fingerprint density at radius 2 is 2.10 bits per heavy atom. The van der Waals surface area contributed by atoms with Gasteiger partial charge in [0.15, 0.2) is 0 Å². The molecule has 0 fully saturated rings. The number of halogens is 1. The lowest BCUT2D eigenvalue weighted by atomic mass is 10.00. The minimum Gasteiger partial charge on any atom is -0.334 e. The summed E-state index contributed by atoms with van der Waals surface area (Å²) in [6.07, 6.45) is 1.96. The third kappa shape index (κ3) is 2.59. The van der Waals surface area contributed by atoms with Gasteiger partial charge >= 0.3 is 0 Å². The van der Waals surface area contributed by atoms with Gasteiger partial charge in [0.1, 0.15) is 10.7 Å². The van der Waals surface area contributed by atoms with E-state index in [0.29, 0.717) is 17.1 Å². The molecule has 0 saturated carbocycles. The van der Waals surface area contributed by atoms with E-state index < -0.39 is 5.54 Å². The number of carbonyl (C=O) groups excluding carboxylic acids is 1. The Labute approximate surface area is 122 Å². The quantitative estimate of drug-likeness (QED) is 0.881. The number of fused-ring (bicyclic) bond motifs is 1. The molecule has 1 N–H and O–H groups in total. The molecule has 1 aromatic heterocycles. The molecule has 1 atom stereocenters. The van der Waals surface area contributed by atoms with Crippen LogP contribution in [0.1, 0.15) is 30.6 Å². The Morgan fingerprint density at radius 1 is 1.45 bits per heavy atom. The summed E-state index contributed by atoms with van der Waals surface area (Å²) in [6.45, 7) is 3.54. The number of aromatic nitrogens is 1. The molecule has 1 aromatic carbocycles. The van der Waals surface area contributed by atoms with E-state index in [2.05, 4.69) is 16.4 Å². The largest absolute Gasteiger partial charge is 0.334 e. The molecule has 0 spiro atoms. The standard InChI is InChI=1S/C15H14ClN3O/c1-3-15(2,9-17)19-14(20)12-8-18-13(16)11-7-5-4-6-10(11)12/h4-8H,3H2,1-2H3,(H,19,20). The molecule has 102 valence electrons. The molecule has 4 nitrogen and oxygen atoms in total. The highest BCUT2D eigenvalue weighted by molar-refractivity contribution is 6.34. The van der Waals surface area contributed by atoms with Crippen molar-refractivity contribution in [2.24, 2.45) is 0 Å². The van der Waals surface area contributed by atoms with Gasteiger partial charge in [-0.15, -0.1) is 0 Å². The molecular formula is C15H14ClN3O. The fraction of sp³-hybridized carbons (Fsp3) is 0.267. The van der Waals surface area contributed by atoms with Gasteiger partial charge in [0.05, 0.1) is 11.6 Å². The summed E-state index contributed by atoms with van der Waals surface area (Å²) in [5.74, 6) is -0.323. The van der Waals surface area contributed by atoms with Crippen molar-refractivity contribution in [3.05, 3.63) is 41.2 Å². The van der Waals surface area contributed by atoms with Crippen molar-refractivity contribution in [2.45, 2.75) is 25.8 Å². The van der Waals surface area contributed by atoms with Crippen LogP contribution in [0.15, 0.2) is 30.5 Å². The van der Waals surface area contributed by atoms with Crippen LogP contribution in [-0.4, -0.2) is 16.4 Å². The van der Waals surface area contributed by atoms with Crippen LogP contribution in [-0.2, 0) is 0 Å². The van der Waals surface area contributed by atoms with Crippen molar-refractivity contribution >= 4 is 28.3 Å². The average Bonchev–Trinajstić information content (AvgIpc) is 2.47. The second-order valence-electron chi connectivity index (χ2n) is 4.76. The predicted molar refractivity (Wildman–Crippen MR) is 78.5 cm³/mol. The van der Waals surface area contributed by atoms with Crippen LogP contribution in [0.5, 0.6) is 0 Å². The average molecular weight is 288 g/mol. The SMILES string of the molecule is CCC(C)(C#N)NC(=O)c1cnc(Cl)c2ccccc12. The molecule has 0 radical (unpaired) electrons. The molecule has 20 heavy (non-hydrogen) atoms. The van der Waals surface area contributed by atoms with Crippen molar-refractivity contribution in [1.82, 2.24) is 10.3 Å². The van der Waals surface area contributed by atoms with Crippen molar-refractivity contribution < 1.29 is 4.79 Å². The van der Waals surface area contributed by atoms with E-state index in [4.69, 9.17) is 16.9 Å². The number of amides is 1. The first kappa shape index (κ1) is 14.3. The normalized spacial score (nSPS) is 13.5. The number of nitrogens with zero attached hydrogens (tertiary/aromatic N) is 2. The zero-order chi connectivity index (χ0) is 14.8. The highest BCUT2D eigenvalue weighted by Gasteiger charge is 2.25. The third-order valence-corrected chi connectivity index (χ3v) is 3.64. The van der Waals surface area contributed by atoms with E-state index in [1.54, 1.807) is 6.92 Å². The summed E-state index contributed by atoms with van der Waals surface area (Å²) in [7, 11) is 0. The van der Waals surface area contributed by atoms with E-state index in [1.165, 1.54) is 6.20 Å². The minimum absolute atomic E-state index is 0.323. The highest BCUT2D eigenvalue weighted by Crippen LogP contribution is 2.24. The molecule has 2 aromatic rings. The van der Waals surface area contributed by atoms with Crippen LogP contribution in [0.25, 0.3) is 10.8 Å². The van der Waals surface area contributed by atoms with Crippen molar-refractivity contribution in [3.8, 4) is 6.07 Å². The zero-order valence-corrected chi connectivity index (χ0v) is 12.0. The van der Waals surface area contributed by atoms with Gasteiger partial charge in [-0.2, -0.15) is 5.26 Å². The smallest absolute Gasteiger partial charge is 0.254 e. The van der Waals surface area contributed by atoms with Crippen LogP contribution in [0.3, 0.4) is 0 Å². The lowest BCUT2D eigenvalue weighted by molar-refractivity contribution is 0.0924. The van der Waals surface area contributed by atoms with Gasteiger partial charge in [0.2, 0.25) is 0 Å². The van der Waals surface area contributed by atoms with E-state index in [0.717, 1.165) is 10.8 Å². The molecule has 2 rings (SSSR count). The van der Waals surface area contributed by atoms with Gasteiger partial charge in [-0.3, -0.25) is 4.79 Å². The van der Waals surface area contributed by atoms with Crippen LogP contribution in [0.4, 0.5) is 0 Å². The molecule has 0 saturated heterocycles. The Balaban J connectivity index is 2.47. The second kappa shape index (κ2) is 5.48. The number of carbonyl (C=O) groups is 1. The molecule has 1 heterocycles. The van der Waals surface area contributed by atoms with Crippen molar-refractivity contribution in [1.29, 1.82) is 5.26 Å². The number of hydrogen-bond donors (Lipinski definition) is 1. The maximum Gasteiger partial charge on any atom is 0.254 e. The van der Waals surface area contributed by atoms with Gasteiger partial charge in [-0.25, -0.2) is 4.98 Å². The topological polar surface area (TPSA) is 65.8 Å². The maximum absolute atomic E-state index is 12.4. The third-order valence-electron chi connectivity index (χ3n) is 3.33. The van der Waals surface area contributed by atoms with Crippen LogP contribution in [0, 0.1) is 11.3 Å². The lowest BCUT2D eigenvalue weighted by Crippen LogP contribution is -2.44. The summed E-state index contributed by atoms with van der Waals surface area (Å²) < 4.78 is 0. The van der Waals surface area contributed by atoms with E-state index in [1.807, 2.05) is 31.2 Å². The first-order valence-corrected chi connectivity index (χ1v) is 6.65. The molecule has 0 aliphatic heterocycles. The summed E-state index contributed by atoms with van der Waals surface area (Å²) in [6, 6.07) is 9.40. The molecule has 5 heteroatoms. The Kier molecular flexibility index (Phi) is 3.91. The van der Waals surface area contributed by atoms with Gasteiger partial charge in [0.25, 0.3) is 5.91 Å². The van der Waals surface area contributed by atoms with Crippen LogP contribution in [0.2, 0.25) is 5.15 Å². The summed E-state index contributed by atoms with van der Waals surface area (Å²) >= 11 is 6.03. The molecule has 0 aliphatic rings. The van der Waals surface area contributed by atoms with E-state index >= 15 is 0 Å². The van der Waals surface area contributed by atoms with Crippen LogP contribution >= 0.6 is 11.6 Å². The lowest BCUT2D eigenvalue weighted by Gasteiger charge is -2.21. The number of nitrogens with one attached hydrogen (secondary N) is 1. The van der Waals surface area contributed by atoms with Gasteiger partial charge in [0, 0.05) is 11.6 Å². The number of hydrogen-bond acceptors (Lipinski definition) is 3. The summed E-state index contributed by atoms with van der Waals surface area (Å²) in [4.78, 5) is 16.4. The first-order valence-electron chi connectivity index (χ1n) is 6.28. The van der Waals surface area contributed by atoms with Crippen LogP contribution < -0.4 is 5.32 Å². The first-order chi connectivity index (χ1) is 9.50. The van der Waals surface area contributed by atoms with Gasteiger partial charge in [-0.1, -0.05) is 42.8 Å². The molecular weight excluding hydrogens is 274 g/mol. The second-order valence-corrected chi connectivity index (χ2v) is 5.12. The summed E-state index contributed by atoms with van der Waals surface area (Å²) in [5, 5.41) is 13.7. The molecule has 1 amide bonds. The number of nitriles is 1. The Morgan fingerprint density at radius 3 is 2.70 bits per heavy atom. The number of benzene rings is 1. The van der Waals surface area contributed by atoms with Gasteiger partial charge < -0.3 is 5.32 Å². The Bertz CT molecular complexity index is 708. The van der Waals surface area contributed by atoms with E-state index in [-0.39, 0.29) is 5.91 Å². The zero-order valence-electron chi connectivity index (χ0n) is 11.3. The molecule has 0 aliphatic carbocycles.